The van der Waals surface area contributed by atoms with Gasteiger partial charge < -0.3 is 0 Å². The molecule has 23 heavy (non-hydrogen) atoms. The maximum Gasteiger partial charge on any atom is 0.271 e. The molecule has 0 aliphatic heterocycles. The smallest absolute Gasteiger partial charge is 0.267 e. The summed E-state index contributed by atoms with van der Waals surface area (Å²) in [7, 11) is 0. The first kappa shape index (κ1) is 15.5. The Bertz CT molecular complexity index is 906. The van der Waals surface area contributed by atoms with Crippen molar-refractivity contribution in [2.24, 2.45) is 5.10 Å². The summed E-state index contributed by atoms with van der Waals surface area (Å²) in [5, 5.41) is 6.95. The second-order valence-electron chi connectivity index (χ2n) is 4.93. The number of amides is 1. The van der Waals surface area contributed by atoms with Gasteiger partial charge in [0.1, 0.15) is 0 Å². The van der Waals surface area contributed by atoms with Gasteiger partial charge in [-0.05, 0) is 40.6 Å². The number of carbonyl (C=O) groups excluding carboxylic acids is 1. The molecule has 1 N–H and O–H groups in total. The van der Waals surface area contributed by atoms with E-state index in [0.717, 1.165) is 16.3 Å². The van der Waals surface area contributed by atoms with Crippen LogP contribution in [0, 0.1) is 0 Å². The standard InChI is InChI=1S/C18H12Cl2N2O/c19-16-8-5-12(9-17(16)20)11-21-22-18(23)15-7-6-13-3-1-2-4-14(13)10-15/h1-11H,(H,22,23)/b21-11+. The average molecular weight is 343 g/mol. The molecule has 0 aromatic heterocycles. The molecule has 5 heteroatoms. The molecule has 1 amide bonds. The minimum atomic E-state index is -0.271. The van der Waals surface area contributed by atoms with E-state index in [4.69, 9.17) is 23.2 Å². The van der Waals surface area contributed by atoms with Gasteiger partial charge in [-0.25, -0.2) is 5.43 Å². The number of hydrazone groups is 1. The van der Waals surface area contributed by atoms with E-state index < -0.39 is 0 Å². The van der Waals surface area contributed by atoms with Gasteiger partial charge in [0, 0.05) is 5.56 Å². The molecule has 3 nitrogen and oxygen atoms in total. The minimum Gasteiger partial charge on any atom is -0.267 e. The highest BCUT2D eigenvalue weighted by Gasteiger charge is 2.05. The van der Waals surface area contributed by atoms with Crippen LogP contribution in [-0.4, -0.2) is 12.1 Å². The first-order valence-electron chi connectivity index (χ1n) is 6.91. The zero-order valence-electron chi connectivity index (χ0n) is 12.0. The Balaban J connectivity index is 1.72. The Morgan fingerprint density at radius 1 is 0.913 bits per heavy atom. The van der Waals surface area contributed by atoms with Crippen molar-refractivity contribution >= 4 is 46.1 Å². The van der Waals surface area contributed by atoms with E-state index in [1.165, 1.54) is 6.21 Å². The van der Waals surface area contributed by atoms with Crippen LogP contribution in [0.5, 0.6) is 0 Å². The van der Waals surface area contributed by atoms with Crippen LogP contribution in [0.25, 0.3) is 10.8 Å². The summed E-state index contributed by atoms with van der Waals surface area (Å²) in [4.78, 5) is 12.1. The fourth-order valence-corrected chi connectivity index (χ4v) is 2.46. The zero-order chi connectivity index (χ0) is 16.2. The highest BCUT2D eigenvalue weighted by atomic mass is 35.5. The van der Waals surface area contributed by atoms with Gasteiger partial charge in [0.2, 0.25) is 0 Å². The number of hydrogen-bond acceptors (Lipinski definition) is 2. The van der Waals surface area contributed by atoms with Crippen molar-refractivity contribution in [3.63, 3.8) is 0 Å². The average Bonchev–Trinajstić information content (AvgIpc) is 2.57. The Morgan fingerprint density at radius 2 is 1.70 bits per heavy atom. The molecule has 3 rings (SSSR count). The number of fused-ring (bicyclic) bond motifs is 1. The van der Waals surface area contributed by atoms with Crippen molar-refractivity contribution in [2.75, 3.05) is 0 Å². The van der Waals surface area contributed by atoms with Crippen molar-refractivity contribution in [2.45, 2.75) is 0 Å². The quantitative estimate of drug-likeness (QED) is 0.533. The fraction of sp³-hybridized carbons (Fsp3) is 0. The normalized spacial score (nSPS) is 11.0. The lowest BCUT2D eigenvalue weighted by Gasteiger charge is -2.02. The van der Waals surface area contributed by atoms with Crippen molar-refractivity contribution in [1.29, 1.82) is 0 Å². The van der Waals surface area contributed by atoms with Gasteiger partial charge in [-0.15, -0.1) is 0 Å². The van der Waals surface area contributed by atoms with Crippen molar-refractivity contribution in [3.8, 4) is 0 Å². The van der Waals surface area contributed by atoms with Crippen LogP contribution in [-0.2, 0) is 0 Å². The monoisotopic (exact) mass is 342 g/mol. The second-order valence-corrected chi connectivity index (χ2v) is 5.75. The Hall–Kier alpha value is -2.36. The predicted octanol–water partition coefficient (Wildman–Crippen LogP) is 4.91. The number of halogens is 2. The lowest BCUT2D eigenvalue weighted by atomic mass is 10.1. The number of benzene rings is 3. The van der Waals surface area contributed by atoms with Crippen LogP contribution in [0.3, 0.4) is 0 Å². The molecule has 114 valence electrons. The molecule has 0 unspecified atom stereocenters. The number of nitrogens with zero attached hydrogens (tertiary/aromatic N) is 1. The second kappa shape index (κ2) is 6.82. The van der Waals surface area contributed by atoms with E-state index in [9.17, 15) is 4.79 Å². The number of carbonyl (C=O) groups is 1. The number of rotatable bonds is 3. The summed E-state index contributed by atoms with van der Waals surface area (Å²) in [6, 6.07) is 18.5. The summed E-state index contributed by atoms with van der Waals surface area (Å²) in [6.45, 7) is 0. The molecule has 0 saturated carbocycles. The van der Waals surface area contributed by atoms with E-state index in [-0.39, 0.29) is 5.91 Å². The van der Waals surface area contributed by atoms with Gasteiger partial charge in [-0.3, -0.25) is 4.79 Å². The molecule has 3 aromatic carbocycles. The Morgan fingerprint density at radius 3 is 2.48 bits per heavy atom. The molecule has 0 atom stereocenters. The third-order valence-electron chi connectivity index (χ3n) is 3.34. The molecule has 0 radical (unpaired) electrons. The minimum absolute atomic E-state index is 0.271. The third-order valence-corrected chi connectivity index (χ3v) is 4.07. The molecule has 0 fully saturated rings. The van der Waals surface area contributed by atoms with Gasteiger partial charge in [-0.1, -0.05) is 59.6 Å². The van der Waals surface area contributed by atoms with E-state index in [1.54, 1.807) is 24.3 Å². The van der Waals surface area contributed by atoms with E-state index in [2.05, 4.69) is 10.5 Å². The maximum absolute atomic E-state index is 12.1. The molecule has 0 aliphatic carbocycles. The van der Waals surface area contributed by atoms with Crippen LogP contribution >= 0.6 is 23.2 Å². The maximum atomic E-state index is 12.1. The van der Waals surface area contributed by atoms with Crippen molar-refractivity contribution < 1.29 is 4.79 Å². The Kier molecular flexibility index (Phi) is 4.60. The summed E-state index contributed by atoms with van der Waals surface area (Å²) < 4.78 is 0. The van der Waals surface area contributed by atoms with Gasteiger partial charge >= 0.3 is 0 Å². The summed E-state index contributed by atoms with van der Waals surface area (Å²) in [6.07, 6.45) is 1.52. The Labute approximate surface area is 143 Å². The SMILES string of the molecule is O=C(N/N=C/c1ccc(Cl)c(Cl)c1)c1ccc2ccccc2c1. The number of nitrogens with one attached hydrogen (secondary N) is 1. The molecular formula is C18H12Cl2N2O. The van der Waals surface area contributed by atoms with Gasteiger partial charge in [0.15, 0.2) is 0 Å². The highest BCUT2D eigenvalue weighted by Crippen LogP contribution is 2.21. The van der Waals surface area contributed by atoms with Crippen molar-refractivity contribution in [1.82, 2.24) is 5.43 Å². The van der Waals surface area contributed by atoms with Crippen LogP contribution in [0.1, 0.15) is 15.9 Å². The topological polar surface area (TPSA) is 41.5 Å². The van der Waals surface area contributed by atoms with Gasteiger partial charge in [-0.2, -0.15) is 5.10 Å². The van der Waals surface area contributed by atoms with E-state index in [0.29, 0.717) is 15.6 Å². The largest absolute Gasteiger partial charge is 0.271 e. The lowest BCUT2D eigenvalue weighted by Crippen LogP contribution is -2.17. The van der Waals surface area contributed by atoms with E-state index >= 15 is 0 Å². The summed E-state index contributed by atoms with van der Waals surface area (Å²) in [5.74, 6) is -0.271. The highest BCUT2D eigenvalue weighted by molar-refractivity contribution is 6.42. The van der Waals surface area contributed by atoms with Crippen molar-refractivity contribution in [3.05, 3.63) is 81.8 Å². The fourth-order valence-electron chi connectivity index (χ4n) is 2.15. The molecule has 3 aromatic rings. The van der Waals surface area contributed by atoms with Gasteiger partial charge in [0.25, 0.3) is 5.91 Å². The van der Waals surface area contributed by atoms with Crippen LogP contribution in [0.15, 0.2) is 65.8 Å². The molecular weight excluding hydrogens is 331 g/mol. The van der Waals surface area contributed by atoms with Gasteiger partial charge in [0.05, 0.1) is 16.3 Å². The molecule has 0 heterocycles. The zero-order valence-corrected chi connectivity index (χ0v) is 13.5. The third kappa shape index (κ3) is 3.70. The molecule has 0 aliphatic rings. The first-order valence-corrected chi connectivity index (χ1v) is 7.66. The molecule has 0 bridgehead atoms. The van der Waals surface area contributed by atoms with Crippen LogP contribution < -0.4 is 5.43 Å². The van der Waals surface area contributed by atoms with E-state index in [1.807, 2.05) is 36.4 Å². The first-order chi connectivity index (χ1) is 11.1. The lowest BCUT2D eigenvalue weighted by molar-refractivity contribution is 0.0955. The molecule has 0 saturated heterocycles. The summed E-state index contributed by atoms with van der Waals surface area (Å²) >= 11 is 11.8. The van der Waals surface area contributed by atoms with Crippen LogP contribution in [0.4, 0.5) is 0 Å². The summed E-state index contributed by atoms with van der Waals surface area (Å²) in [5.41, 5.74) is 3.80. The van der Waals surface area contributed by atoms with Crippen LogP contribution in [0.2, 0.25) is 10.0 Å². The molecule has 0 spiro atoms. The predicted molar refractivity (Wildman–Crippen MR) is 95.5 cm³/mol. The number of hydrogen-bond donors (Lipinski definition) is 1.